The third-order valence-electron chi connectivity index (χ3n) is 8.72. The number of ether oxygens (including phenoxy) is 2. The predicted molar refractivity (Wildman–Crippen MR) is 103 cm³/mol. The van der Waals surface area contributed by atoms with Crippen molar-refractivity contribution >= 4 is 23.5 Å². The number of ketones is 2. The van der Waals surface area contributed by atoms with Crippen molar-refractivity contribution in [1.82, 2.24) is 0 Å². The first-order chi connectivity index (χ1) is 13.7. The molecule has 0 amide bonds. The summed E-state index contributed by atoms with van der Waals surface area (Å²) in [5.41, 5.74) is 0.278. The first kappa shape index (κ1) is 20.3. The molecule has 4 rings (SSSR count). The molecule has 6 heteroatoms. The Labute approximate surface area is 171 Å². The average molecular weight is 402 g/mol. The Hall–Kier alpha value is -1.98. The molecule has 0 aromatic carbocycles. The van der Waals surface area contributed by atoms with Crippen molar-refractivity contribution in [3.63, 3.8) is 0 Å². The van der Waals surface area contributed by atoms with E-state index in [1.165, 1.54) is 14.2 Å². The third-order valence-corrected chi connectivity index (χ3v) is 8.72. The summed E-state index contributed by atoms with van der Waals surface area (Å²) >= 11 is 0. The summed E-state index contributed by atoms with van der Waals surface area (Å²) in [6.07, 6.45) is 5.80. The molecule has 6 nitrogen and oxygen atoms in total. The van der Waals surface area contributed by atoms with E-state index in [0.717, 1.165) is 24.8 Å². The summed E-state index contributed by atoms with van der Waals surface area (Å²) < 4.78 is 9.80. The molecule has 0 N–H and O–H groups in total. The van der Waals surface area contributed by atoms with E-state index in [-0.39, 0.29) is 46.6 Å². The van der Waals surface area contributed by atoms with Gasteiger partial charge in [-0.25, -0.2) is 0 Å². The Bertz CT molecular complexity index is 812. The standard InChI is InChI=1S/C23H30O6/c1-22-7-5-12(20(26)28-3)9-13(22)10-17(24)18-15(22)6-8-23(2)16(18)11-14(19(23)25)21(27)29-4/h10,12,14-16,18H,5-9,11H2,1-4H3/t12-,14?,15-,16-,18+,22-,23-/m0/s1. The van der Waals surface area contributed by atoms with E-state index >= 15 is 0 Å². The largest absolute Gasteiger partial charge is 0.469 e. The zero-order valence-electron chi connectivity index (χ0n) is 17.7. The second-order valence-electron chi connectivity index (χ2n) is 9.82. The van der Waals surface area contributed by atoms with Crippen molar-refractivity contribution in [3.05, 3.63) is 11.6 Å². The minimum atomic E-state index is -0.755. The fourth-order valence-corrected chi connectivity index (χ4v) is 6.94. The van der Waals surface area contributed by atoms with Gasteiger partial charge in [-0.2, -0.15) is 0 Å². The maximum absolute atomic E-state index is 13.3. The number of fused-ring (bicyclic) bond motifs is 5. The molecule has 4 aliphatic carbocycles. The topological polar surface area (TPSA) is 86.7 Å². The number of esters is 2. The van der Waals surface area contributed by atoms with Gasteiger partial charge in [-0.1, -0.05) is 19.4 Å². The van der Waals surface area contributed by atoms with Crippen LogP contribution in [0.2, 0.25) is 0 Å². The van der Waals surface area contributed by atoms with E-state index in [1.54, 1.807) is 6.08 Å². The summed E-state index contributed by atoms with van der Waals surface area (Å²) in [6.45, 7) is 4.15. The lowest BCUT2D eigenvalue weighted by molar-refractivity contribution is -0.151. The first-order valence-corrected chi connectivity index (χ1v) is 10.6. The molecule has 0 spiro atoms. The fourth-order valence-electron chi connectivity index (χ4n) is 6.94. The Morgan fingerprint density at radius 1 is 0.966 bits per heavy atom. The molecule has 0 radical (unpaired) electrons. The maximum Gasteiger partial charge on any atom is 0.316 e. The third kappa shape index (κ3) is 2.74. The highest BCUT2D eigenvalue weighted by Gasteiger charge is 2.64. The SMILES string of the molecule is COC(=O)C1C[C@H]2[C@@H]3C(=O)C=C4C[C@@H](C(=O)OC)CC[C@]4(C)[C@H]3CC[C@]2(C)C1=O. The van der Waals surface area contributed by atoms with Crippen LogP contribution in [-0.4, -0.2) is 37.7 Å². The van der Waals surface area contributed by atoms with Crippen LogP contribution in [0, 0.1) is 40.4 Å². The highest BCUT2D eigenvalue weighted by Crippen LogP contribution is 2.64. The molecule has 7 atom stereocenters. The maximum atomic E-state index is 13.3. The minimum absolute atomic E-state index is 0.0576. The summed E-state index contributed by atoms with van der Waals surface area (Å²) in [6, 6.07) is 0. The van der Waals surface area contributed by atoms with Gasteiger partial charge >= 0.3 is 11.9 Å². The van der Waals surface area contributed by atoms with Crippen LogP contribution < -0.4 is 0 Å². The quantitative estimate of drug-likeness (QED) is 0.521. The number of hydrogen-bond acceptors (Lipinski definition) is 6. The Kier molecular flexibility index (Phi) is 4.74. The monoisotopic (exact) mass is 402 g/mol. The molecule has 0 aromatic rings. The van der Waals surface area contributed by atoms with E-state index in [1.807, 2.05) is 6.92 Å². The summed E-state index contributed by atoms with van der Waals surface area (Å²) in [4.78, 5) is 50.6. The predicted octanol–water partition coefficient (Wildman–Crippen LogP) is 2.89. The van der Waals surface area contributed by atoms with Gasteiger partial charge < -0.3 is 9.47 Å². The fraction of sp³-hybridized carbons (Fsp3) is 0.739. The van der Waals surface area contributed by atoms with Crippen LogP contribution in [0.3, 0.4) is 0 Å². The lowest BCUT2D eigenvalue weighted by Crippen LogP contribution is -2.53. The van der Waals surface area contributed by atoms with Crippen molar-refractivity contribution in [1.29, 1.82) is 0 Å². The molecule has 0 saturated heterocycles. The zero-order chi connectivity index (χ0) is 21.1. The Morgan fingerprint density at radius 2 is 1.62 bits per heavy atom. The second-order valence-corrected chi connectivity index (χ2v) is 9.82. The van der Waals surface area contributed by atoms with Gasteiger partial charge in [0.05, 0.1) is 20.1 Å². The van der Waals surface area contributed by atoms with Crippen LogP contribution in [0.4, 0.5) is 0 Å². The van der Waals surface area contributed by atoms with Crippen LogP contribution in [-0.2, 0) is 28.7 Å². The number of rotatable bonds is 2. The van der Waals surface area contributed by atoms with Gasteiger partial charge in [0.2, 0.25) is 0 Å². The number of carbonyl (C=O) groups excluding carboxylic acids is 4. The summed E-state index contributed by atoms with van der Waals surface area (Å²) in [7, 11) is 2.72. The Morgan fingerprint density at radius 3 is 2.28 bits per heavy atom. The van der Waals surface area contributed by atoms with E-state index < -0.39 is 17.3 Å². The number of hydrogen-bond donors (Lipinski definition) is 0. The van der Waals surface area contributed by atoms with Gasteiger partial charge in [0, 0.05) is 11.3 Å². The number of allylic oxidation sites excluding steroid dienone is 2. The molecule has 0 aliphatic heterocycles. The molecule has 4 aliphatic rings. The minimum Gasteiger partial charge on any atom is -0.469 e. The highest BCUT2D eigenvalue weighted by molar-refractivity contribution is 6.05. The van der Waals surface area contributed by atoms with E-state index in [2.05, 4.69) is 6.92 Å². The molecule has 158 valence electrons. The molecule has 0 heterocycles. The molecule has 0 aromatic heterocycles. The number of methoxy groups -OCH3 is 2. The van der Waals surface area contributed by atoms with Gasteiger partial charge in [0.1, 0.15) is 5.92 Å². The van der Waals surface area contributed by atoms with Crippen LogP contribution in [0.5, 0.6) is 0 Å². The average Bonchev–Trinajstić information content (AvgIpc) is 2.98. The van der Waals surface area contributed by atoms with Crippen molar-refractivity contribution in [2.75, 3.05) is 14.2 Å². The lowest BCUT2D eigenvalue weighted by Gasteiger charge is -2.55. The van der Waals surface area contributed by atoms with Gasteiger partial charge in [-0.3, -0.25) is 19.2 Å². The van der Waals surface area contributed by atoms with Gasteiger partial charge in [-0.05, 0) is 61.9 Å². The van der Waals surface area contributed by atoms with E-state index in [4.69, 9.17) is 9.47 Å². The van der Waals surface area contributed by atoms with Gasteiger partial charge in [0.15, 0.2) is 11.6 Å². The summed E-state index contributed by atoms with van der Waals surface area (Å²) in [5, 5.41) is 0. The number of Topliss-reactive ketones (excluding diaryl/α,β-unsaturated/α-hetero) is 1. The highest BCUT2D eigenvalue weighted by atomic mass is 16.5. The lowest BCUT2D eigenvalue weighted by atomic mass is 9.47. The van der Waals surface area contributed by atoms with Crippen LogP contribution in [0.1, 0.15) is 52.4 Å². The van der Waals surface area contributed by atoms with Crippen molar-refractivity contribution in [2.45, 2.75) is 52.4 Å². The van der Waals surface area contributed by atoms with Crippen LogP contribution in [0.15, 0.2) is 11.6 Å². The Balaban J connectivity index is 1.68. The second kappa shape index (κ2) is 6.78. The van der Waals surface area contributed by atoms with Crippen LogP contribution >= 0.6 is 0 Å². The van der Waals surface area contributed by atoms with Gasteiger partial charge in [-0.15, -0.1) is 0 Å². The molecule has 3 fully saturated rings. The molecule has 29 heavy (non-hydrogen) atoms. The molecule has 0 bridgehead atoms. The molecular formula is C23H30O6. The summed E-state index contributed by atoms with van der Waals surface area (Å²) in [5.74, 6) is -1.85. The molecular weight excluding hydrogens is 372 g/mol. The van der Waals surface area contributed by atoms with Crippen LogP contribution in [0.25, 0.3) is 0 Å². The van der Waals surface area contributed by atoms with E-state index in [0.29, 0.717) is 19.3 Å². The first-order valence-electron chi connectivity index (χ1n) is 10.6. The van der Waals surface area contributed by atoms with Crippen molar-refractivity contribution in [2.24, 2.45) is 40.4 Å². The van der Waals surface area contributed by atoms with E-state index in [9.17, 15) is 19.2 Å². The molecule has 1 unspecified atom stereocenters. The normalized spacial score (nSPS) is 43.6. The zero-order valence-corrected chi connectivity index (χ0v) is 17.7. The van der Waals surface area contributed by atoms with Gasteiger partial charge in [0.25, 0.3) is 0 Å². The van der Waals surface area contributed by atoms with Crippen molar-refractivity contribution < 1.29 is 28.7 Å². The number of carbonyl (C=O) groups is 4. The molecule has 3 saturated carbocycles. The smallest absolute Gasteiger partial charge is 0.316 e. The van der Waals surface area contributed by atoms with Crippen molar-refractivity contribution in [3.8, 4) is 0 Å².